The van der Waals surface area contributed by atoms with Crippen molar-refractivity contribution < 1.29 is 14.3 Å². The molecule has 17 heavy (non-hydrogen) atoms. The molecule has 1 heterocycles. The number of piperidine rings is 1. The van der Waals surface area contributed by atoms with Crippen molar-refractivity contribution in [1.29, 1.82) is 0 Å². The van der Waals surface area contributed by atoms with Crippen LogP contribution in [0.2, 0.25) is 0 Å². The quantitative estimate of drug-likeness (QED) is 0.622. The van der Waals surface area contributed by atoms with E-state index in [9.17, 15) is 9.59 Å². The molecule has 0 radical (unpaired) electrons. The summed E-state index contributed by atoms with van der Waals surface area (Å²) in [5.74, 6) is 0.389. The summed E-state index contributed by atoms with van der Waals surface area (Å²) in [6, 6.07) is 0. The van der Waals surface area contributed by atoms with Crippen molar-refractivity contribution in [1.82, 2.24) is 9.80 Å². The van der Waals surface area contributed by atoms with Gasteiger partial charge in [0.25, 0.3) is 0 Å². The molecule has 1 rings (SSSR count). The van der Waals surface area contributed by atoms with Crippen LogP contribution in [0.25, 0.3) is 0 Å². The number of nitrogens with zero attached hydrogens (tertiary/aromatic N) is 2. The molecule has 0 aliphatic carbocycles. The summed E-state index contributed by atoms with van der Waals surface area (Å²) in [6.45, 7) is 3.17. The second-order valence-electron chi connectivity index (χ2n) is 4.50. The van der Waals surface area contributed by atoms with E-state index in [-0.39, 0.29) is 11.7 Å². The van der Waals surface area contributed by atoms with E-state index in [4.69, 9.17) is 4.74 Å². The van der Waals surface area contributed by atoms with Crippen molar-refractivity contribution in [2.24, 2.45) is 0 Å². The fourth-order valence-electron chi connectivity index (χ4n) is 1.89. The predicted octanol–water partition coefficient (Wildman–Crippen LogP) is 0.146. The molecule has 5 heteroatoms. The second kappa shape index (κ2) is 7.40. The number of ether oxygens (including phenoxy) is 1. The molecule has 98 valence electrons. The maximum atomic E-state index is 11.9. The summed E-state index contributed by atoms with van der Waals surface area (Å²) in [6.07, 6.45) is 1.96. The van der Waals surface area contributed by atoms with Gasteiger partial charge >= 0.3 is 0 Å². The first-order valence-electron chi connectivity index (χ1n) is 6.10. The van der Waals surface area contributed by atoms with Crippen molar-refractivity contribution >= 4 is 11.7 Å². The van der Waals surface area contributed by atoms with Gasteiger partial charge in [-0.05, 0) is 13.5 Å². The molecule has 1 saturated heterocycles. The summed E-state index contributed by atoms with van der Waals surface area (Å²) < 4.78 is 4.97. The van der Waals surface area contributed by atoms with Crippen LogP contribution in [0.4, 0.5) is 0 Å². The van der Waals surface area contributed by atoms with Crippen LogP contribution in [-0.4, -0.2) is 68.4 Å². The third-order valence-corrected chi connectivity index (χ3v) is 2.97. The number of likely N-dealkylation sites (tertiary alicyclic amines) is 1. The third-order valence-electron chi connectivity index (χ3n) is 2.97. The molecule has 0 spiro atoms. The highest BCUT2D eigenvalue weighted by Crippen LogP contribution is 2.06. The van der Waals surface area contributed by atoms with E-state index in [0.29, 0.717) is 32.5 Å². The number of ketones is 1. The number of rotatable bonds is 6. The number of likely N-dealkylation sites (N-methyl/N-ethyl adjacent to an activating group) is 1. The second-order valence-corrected chi connectivity index (χ2v) is 4.50. The lowest BCUT2D eigenvalue weighted by Gasteiger charge is -2.28. The molecule has 0 aromatic heterocycles. The van der Waals surface area contributed by atoms with Gasteiger partial charge in [-0.3, -0.25) is 14.5 Å². The Morgan fingerprint density at radius 3 is 2.65 bits per heavy atom. The number of hydrogen-bond donors (Lipinski definition) is 0. The number of amides is 1. The monoisotopic (exact) mass is 242 g/mol. The minimum absolute atomic E-state index is 0.123. The first-order chi connectivity index (χ1) is 8.13. The SMILES string of the molecule is COCCCN(C)CC(=O)N1CCC(=O)CC1. The fourth-order valence-corrected chi connectivity index (χ4v) is 1.89. The van der Waals surface area contributed by atoms with Crippen LogP contribution in [-0.2, 0) is 14.3 Å². The number of methoxy groups -OCH3 is 1. The Morgan fingerprint density at radius 2 is 2.06 bits per heavy atom. The maximum Gasteiger partial charge on any atom is 0.236 e. The van der Waals surface area contributed by atoms with Crippen LogP contribution in [0.3, 0.4) is 0 Å². The average molecular weight is 242 g/mol. The van der Waals surface area contributed by atoms with Crippen LogP contribution in [0.1, 0.15) is 19.3 Å². The molecular weight excluding hydrogens is 220 g/mol. The van der Waals surface area contributed by atoms with Crippen molar-refractivity contribution in [2.75, 3.05) is 46.9 Å². The van der Waals surface area contributed by atoms with Gasteiger partial charge in [0, 0.05) is 46.2 Å². The topological polar surface area (TPSA) is 49.9 Å². The van der Waals surface area contributed by atoms with Crippen LogP contribution >= 0.6 is 0 Å². The molecule has 1 fully saturated rings. The van der Waals surface area contributed by atoms with Gasteiger partial charge in [-0.2, -0.15) is 0 Å². The van der Waals surface area contributed by atoms with Gasteiger partial charge in [-0.25, -0.2) is 0 Å². The minimum atomic E-state index is 0.123. The average Bonchev–Trinajstić information content (AvgIpc) is 2.30. The van der Waals surface area contributed by atoms with Crippen molar-refractivity contribution in [3.63, 3.8) is 0 Å². The van der Waals surface area contributed by atoms with E-state index < -0.39 is 0 Å². The van der Waals surface area contributed by atoms with E-state index in [2.05, 4.69) is 0 Å². The molecule has 0 N–H and O–H groups in total. The minimum Gasteiger partial charge on any atom is -0.385 e. The Bertz CT molecular complexity index is 258. The van der Waals surface area contributed by atoms with Crippen molar-refractivity contribution in [3.8, 4) is 0 Å². The largest absolute Gasteiger partial charge is 0.385 e. The number of carbonyl (C=O) groups is 2. The Balaban J connectivity index is 2.21. The van der Waals surface area contributed by atoms with Gasteiger partial charge in [0.2, 0.25) is 5.91 Å². The molecular formula is C12H22N2O3. The van der Waals surface area contributed by atoms with E-state index in [1.165, 1.54) is 0 Å². The van der Waals surface area contributed by atoms with Gasteiger partial charge in [0.05, 0.1) is 6.54 Å². The van der Waals surface area contributed by atoms with E-state index in [1.54, 1.807) is 12.0 Å². The lowest BCUT2D eigenvalue weighted by atomic mass is 10.1. The van der Waals surface area contributed by atoms with Gasteiger partial charge < -0.3 is 9.64 Å². The summed E-state index contributed by atoms with van der Waals surface area (Å²) in [5, 5.41) is 0. The summed E-state index contributed by atoms with van der Waals surface area (Å²) in [7, 11) is 3.61. The molecule has 0 atom stereocenters. The molecule has 0 unspecified atom stereocenters. The van der Waals surface area contributed by atoms with Crippen molar-refractivity contribution in [2.45, 2.75) is 19.3 Å². The third kappa shape index (κ3) is 5.28. The van der Waals surface area contributed by atoms with Gasteiger partial charge in [-0.15, -0.1) is 0 Å². The van der Waals surface area contributed by atoms with Crippen LogP contribution in [0.5, 0.6) is 0 Å². The Morgan fingerprint density at radius 1 is 1.41 bits per heavy atom. The standard InChI is InChI=1S/C12H22N2O3/c1-13(6-3-9-17-2)10-12(16)14-7-4-11(15)5-8-14/h3-10H2,1-2H3. The lowest BCUT2D eigenvalue weighted by Crippen LogP contribution is -2.43. The highest BCUT2D eigenvalue weighted by atomic mass is 16.5. The zero-order valence-electron chi connectivity index (χ0n) is 10.8. The highest BCUT2D eigenvalue weighted by Gasteiger charge is 2.21. The molecule has 1 amide bonds. The fraction of sp³-hybridized carbons (Fsp3) is 0.833. The molecule has 0 saturated carbocycles. The summed E-state index contributed by atoms with van der Waals surface area (Å²) in [4.78, 5) is 26.7. The normalized spacial score (nSPS) is 16.6. The van der Waals surface area contributed by atoms with E-state index in [0.717, 1.165) is 19.6 Å². The highest BCUT2D eigenvalue weighted by molar-refractivity contribution is 5.84. The van der Waals surface area contributed by atoms with Gasteiger partial charge in [-0.1, -0.05) is 0 Å². The van der Waals surface area contributed by atoms with Crippen LogP contribution in [0, 0.1) is 0 Å². The zero-order chi connectivity index (χ0) is 12.7. The zero-order valence-corrected chi connectivity index (χ0v) is 10.8. The Kier molecular flexibility index (Phi) is 6.15. The number of carbonyl (C=O) groups excluding carboxylic acids is 2. The smallest absolute Gasteiger partial charge is 0.236 e. The number of Topliss-reactive ketones (excluding diaryl/α,β-unsaturated/α-hetero) is 1. The maximum absolute atomic E-state index is 11.9. The van der Waals surface area contributed by atoms with E-state index in [1.807, 2.05) is 11.9 Å². The van der Waals surface area contributed by atoms with Crippen molar-refractivity contribution in [3.05, 3.63) is 0 Å². The van der Waals surface area contributed by atoms with Crippen LogP contribution in [0.15, 0.2) is 0 Å². The summed E-state index contributed by atoms with van der Waals surface area (Å²) in [5.41, 5.74) is 0. The van der Waals surface area contributed by atoms with E-state index >= 15 is 0 Å². The number of hydrogen-bond acceptors (Lipinski definition) is 4. The first-order valence-corrected chi connectivity index (χ1v) is 6.10. The molecule has 0 bridgehead atoms. The first kappa shape index (κ1) is 14.1. The Labute approximate surface area is 103 Å². The molecule has 1 aliphatic rings. The van der Waals surface area contributed by atoms with Gasteiger partial charge in [0.15, 0.2) is 0 Å². The molecule has 5 nitrogen and oxygen atoms in total. The molecule has 0 aromatic carbocycles. The predicted molar refractivity (Wildman–Crippen MR) is 64.8 cm³/mol. The molecule has 1 aliphatic heterocycles. The van der Waals surface area contributed by atoms with Crippen LogP contribution < -0.4 is 0 Å². The lowest BCUT2D eigenvalue weighted by molar-refractivity contribution is -0.135. The Hall–Kier alpha value is -0.940. The van der Waals surface area contributed by atoms with Gasteiger partial charge in [0.1, 0.15) is 5.78 Å². The summed E-state index contributed by atoms with van der Waals surface area (Å²) >= 11 is 0. The molecule has 0 aromatic rings.